The van der Waals surface area contributed by atoms with Gasteiger partial charge in [-0.05, 0) is 73.0 Å². The predicted molar refractivity (Wildman–Crippen MR) is 211 cm³/mol. The van der Waals surface area contributed by atoms with Crippen LogP contribution in [0.25, 0.3) is 6.08 Å². The number of amides is 1. The Morgan fingerprint density at radius 1 is 0.804 bits per heavy atom. The average Bonchev–Trinajstić information content (AvgIpc) is 3.70. The van der Waals surface area contributed by atoms with Crippen LogP contribution in [0.4, 0.5) is 11.4 Å². The second-order valence-corrected chi connectivity index (χ2v) is 13.5. The number of rotatable bonds is 23. The molecule has 1 aromatic heterocycles. The lowest BCUT2D eigenvalue weighted by atomic mass is 10.1. The summed E-state index contributed by atoms with van der Waals surface area (Å²) < 4.78 is 12.1. The number of nitrogens with zero attached hydrogens (tertiary/aromatic N) is 3. The predicted octanol–water partition coefficient (Wildman–Crippen LogP) is 9.38. The molecule has 51 heavy (non-hydrogen) atoms. The first-order valence-corrected chi connectivity index (χ1v) is 19.4. The molecule has 0 atom stereocenters. The van der Waals surface area contributed by atoms with Gasteiger partial charge < -0.3 is 35.1 Å². The number of piperazine rings is 1. The Hall–Kier alpha value is -4.40. The highest BCUT2D eigenvalue weighted by Crippen LogP contribution is 2.38. The number of carbonyl (C=O) groups is 1. The number of unbranched alkanes of at least 4 members (excludes halogenated alkanes) is 12. The summed E-state index contributed by atoms with van der Waals surface area (Å²) in [6, 6.07) is 15.4. The first-order chi connectivity index (χ1) is 25.0. The molecule has 0 radical (unpaired) electrons. The third-order valence-electron chi connectivity index (χ3n) is 9.42. The highest BCUT2D eigenvalue weighted by molar-refractivity contribution is 5.97. The zero-order chi connectivity index (χ0) is 36.1. The van der Waals surface area contributed by atoms with E-state index in [2.05, 4.69) is 28.7 Å². The molecule has 3 aromatic rings. The molecule has 0 spiro atoms. The molecule has 4 rings (SSSR count). The molecule has 1 amide bonds. The summed E-state index contributed by atoms with van der Waals surface area (Å²) >= 11 is 0. The average molecular weight is 700 g/mol. The number of ether oxygens (including phenoxy) is 2. The van der Waals surface area contributed by atoms with Gasteiger partial charge in [0.25, 0.3) is 0 Å². The van der Waals surface area contributed by atoms with Gasteiger partial charge >= 0.3 is 0 Å². The Morgan fingerprint density at radius 2 is 1.35 bits per heavy atom. The van der Waals surface area contributed by atoms with Crippen LogP contribution in [0.3, 0.4) is 0 Å². The molecule has 2 aromatic carbocycles. The van der Waals surface area contributed by atoms with Crippen molar-refractivity contribution in [1.82, 2.24) is 9.88 Å². The van der Waals surface area contributed by atoms with Crippen molar-refractivity contribution in [2.75, 3.05) is 44.3 Å². The van der Waals surface area contributed by atoms with Crippen molar-refractivity contribution in [3.8, 4) is 17.2 Å². The van der Waals surface area contributed by atoms with Gasteiger partial charge in [0.1, 0.15) is 5.84 Å². The largest absolute Gasteiger partial charge is 0.502 e. The number of amidine groups is 1. The normalized spacial score (nSPS) is 13.6. The molecule has 2 heterocycles. The maximum absolute atomic E-state index is 13.3. The Bertz CT molecular complexity index is 1440. The standard InChI is InChI=1S/C42H61N5O4/c1-3-5-7-9-11-13-15-30-50-38-32-34(33-39(41(38)49)51-31-16-14-12-10-8-6-4-2)19-24-40(48)47-28-26-46(27-29-47)36-22-20-35(21-23-36)45-42(43)37-18-17-25-44-37/h17-25,32-33,44,49H,3-16,26-31H2,1-2H3,(H2,43,45). The smallest absolute Gasteiger partial charge is 0.246 e. The lowest BCUT2D eigenvalue weighted by Gasteiger charge is -2.35. The molecule has 1 aliphatic heterocycles. The van der Waals surface area contributed by atoms with Gasteiger partial charge in [0.15, 0.2) is 11.5 Å². The summed E-state index contributed by atoms with van der Waals surface area (Å²) in [5.41, 5.74) is 9.55. The SMILES string of the molecule is CCCCCCCCCOc1cc(C=CC(=O)N2CCN(c3ccc(N=C(N)c4ccc[nH]4)cc3)CC2)cc(OCCCCCCCCC)c1O. The van der Waals surface area contributed by atoms with Gasteiger partial charge in [0.2, 0.25) is 11.7 Å². The molecule has 278 valence electrons. The number of nitrogens with two attached hydrogens (primary N) is 1. The number of aromatic amines is 1. The van der Waals surface area contributed by atoms with E-state index in [0.717, 1.165) is 61.4 Å². The Balaban J connectivity index is 1.30. The number of H-pyrrole nitrogens is 1. The van der Waals surface area contributed by atoms with Gasteiger partial charge in [0, 0.05) is 44.1 Å². The number of hydrogen-bond donors (Lipinski definition) is 3. The van der Waals surface area contributed by atoms with Crippen molar-refractivity contribution < 1.29 is 19.4 Å². The molecule has 0 saturated carbocycles. The van der Waals surface area contributed by atoms with Crippen molar-refractivity contribution in [3.63, 3.8) is 0 Å². The number of hydrogen-bond acceptors (Lipinski definition) is 6. The van der Waals surface area contributed by atoms with Crippen LogP contribution in [0.15, 0.2) is 65.8 Å². The van der Waals surface area contributed by atoms with E-state index in [4.69, 9.17) is 15.2 Å². The van der Waals surface area contributed by atoms with E-state index in [-0.39, 0.29) is 11.7 Å². The number of anilines is 1. The van der Waals surface area contributed by atoms with Crippen molar-refractivity contribution in [3.05, 3.63) is 72.1 Å². The van der Waals surface area contributed by atoms with Crippen LogP contribution in [-0.4, -0.2) is 66.1 Å². The van der Waals surface area contributed by atoms with E-state index in [1.807, 2.05) is 47.5 Å². The molecule has 9 heteroatoms. The Morgan fingerprint density at radius 3 is 1.88 bits per heavy atom. The van der Waals surface area contributed by atoms with Gasteiger partial charge in [-0.25, -0.2) is 4.99 Å². The maximum Gasteiger partial charge on any atom is 0.246 e. The summed E-state index contributed by atoms with van der Waals surface area (Å²) in [6.07, 6.45) is 21.9. The number of phenols is 1. The fourth-order valence-corrected chi connectivity index (χ4v) is 6.29. The van der Waals surface area contributed by atoms with E-state index < -0.39 is 0 Å². The van der Waals surface area contributed by atoms with Gasteiger partial charge in [-0.2, -0.15) is 0 Å². The van der Waals surface area contributed by atoms with Crippen molar-refractivity contribution in [2.24, 2.45) is 10.7 Å². The summed E-state index contributed by atoms with van der Waals surface area (Å²) in [4.78, 5) is 25.0. The minimum absolute atomic E-state index is 0.0318. The first-order valence-electron chi connectivity index (χ1n) is 19.4. The van der Waals surface area contributed by atoms with Crippen LogP contribution in [0.1, 0.15) is 115 Å². The Labute approximate surface area is 305 Å². The number of aromatic hydroxyl groups is 1. The molecule has 4 N–H and O–H groups in total. The van der Waals surface area contributed by atoms with E-state index in [9.17, 15) is 9.90 Å². The summed E-state index contributed by atoms with van der Waals surface area (Å²) in [6.45, 7) is 8.25. The fraction of sp³-hybridized carbons (Fsp3) is 0.524. The number of aliphatic imine (C=N–C) groups is 1. The van der Waals surface area contributed by atoms with Gasteiger partial charge in [-0.1, -0.05) is 90.9 Å². The second-order valence-electron chi connectivity index (χ2n) is 13.5. The lowest BCUT2D eigenvalue weighted by Crippen LogP contribution is -2.48. The van der Waals surface area contributed by atoms with Gasteiger partial charge in [0.05, 0.1) is 24.6 Å². The van der Waals surface area contributed by atoms with Crippen LogP contribution in [0.5, 0.6) is 17.2 Å². The van der Waals surface area contributed by atoms with Crippen molar-refractivity contribution in [2.45, 2.75) is 104 Å². The van der Waals surface area contributed by atoms with Crippen LogP contribution < -0.4 is 20.1 Å². The molecular weight excluding hydrogens is 638 g/mol. The zero-order valence-electron chi connectivity index (χ0n) is 31.1. The minimum Gasteiger partial charge on any atom is -0.502 e. The maximum atomic E-state index is 13.3. The fourth-order valence-electron chi connectivity index (χ4n) is 6.29. The molecule has 1 aliphatic rings. The van der Waals surface area contributed by atoms with Gasteiger partial charge in [-0.3, -0.25) is 4.79 Å². The van der Waals surface area contributed by atoms with Crippen LogP contribution in [-0.2, 0) is 4.79 Å². The van der Waals surface area contributed by atoms with E-state index in [0.29, 0.717) is 43.6 Å². The third kappa shape index (κ3) is 13.7. The van der Waals surface area contributed by atoms with E-state index in [1.165, 1.54) is 64.2 Å². The van der Waals surface area contributed by atoms with Crippen molar-refractivity contribution >= 4 is 29.2 Å². The lowest BCUT2D eigenvalue weighted by molar-refractivity contribution is -0.126. The zero-order valence-corrected chi connectivity index (χ0v) is 31.1. The number of nitrogens with one attached hydrogen (secondary N) is 1. The highest BCUT2D eigenvalue weighted by Gasteiger charge is 2.20. The number of carbonyl (C=O) groups excluding carboxylic acids is 1. The van der Waals surface area contributed by atoms with Crippen molar-refractivity contribution in [1.29, 1.82) is 0 Å². The van der Waals surface area contributed by atoms with E-state index in [1.54, 1.807) is 24.3 Å². The quantitative estimate of drug-likeness (QED) is 0.0393. The summed E-state index contributed by atoms with van der Waals surface area (Å²) in [5, 5.41) is 11.0. The van der Waals surface area contributed by atoms with Crippen LogP contribution >= 0.6 is 0 Å². The topological polar surface area (TPSA) is 116 Å². The third-order valence-corrected chi connectivity index (χ3v) is 9.42. The molecule has 0 aliphatic carbocycles. The summed E-state index contributed by atoms with van der Waals surface area (Å²) in [7, 11) is 0. The molecular formula is C42H61N5O4. The molecule has 1 saturated heterocycles. The van der Waals surface area contributed by atoms with Gasteiger partial charge in [-0.15, -0.1) is 0 Å². The van der Waals surface area contributed by atoms with E-state index >= 15 is 0 Å². The molecule has 9 nitrogen and oxygen atoms in total. The van der Waals surface area contributed by atoms with Crippen LogP contribution in [0.2, 0.25) is 0 Å². The molecule has 0 unspecified atom stereocenters. The molecule has 0 bridgehead atoms. The second kappa shape index (κ2) is 22.4. The highest BCUT2D eigenvalue weighted by atomic mass is 16.5. The van der Waals surface area contributed by atoms with Crippen LogP contribution in [0, 0.1) is 0 Å². The monoisotopic (exact) mass is 699 g/mol. The number of phenolic OH excluding ortho intramolecular Hbond substituents is 1. The first kappa shape index (κ1) is 39.4. The molecule has 1 fully saturated rings. The minimum atomic E-state index is -0.0386. The Kier molecular flexibility index (Phi) is 17.3. The summed E-state index contributed by atoms with van der Waals surface area (Å²) in [5.74, 6) is 1.25. The number of benzene rings is 2. The number of aromatic nitrogens is 1.